The Balaban J connectivity index is 1.63. The molecule has 0 aliphatic carbocycles. The Kier molecular flexibility index (Phi) is 5.16. The van der Waals surface area contributed by atoms with Crippen molar-refractivity contribution in [2.24, 2.45) is 0 Å². The lowest BCUT2D eigenvalue weighted by molar-refractivity contribution is 0.614. The molecule has 0 spiro atoms. The van der Waals surface area contributed by atoms with E-state index in [0.717, 1.165) is 38.9 Å². The van der Waals surface area contributed by atoms with Crippen LogP contribution >= 0.6 is 0 Å². The molecule has 5 rings (SSSR count). The summed E-state index contributed by atoms with van der Waals surface area (Å²) in [7, 11) is -2.48. The molecule has 2 aromatic heterocycles. The summed E-state index contributed by atoms with van der Waals surface area (Å²) >= 11 is 0. The van der Waals surface area contributed by atoms with Crippen molar-refractivity contribution in [1.82, 2.24) is 25.2 Å². The van der Waals surface area contributed by atoms with Gasteiger partial charge in [0, 0.05) is 16.5 Å². The third-order valence-corrected chi connectivity index (χ3v) is 5.94. The Morgan fingerprint density at radius 3 is 2.41 bits per heavy atom. The second kappa shape index (κ2) is 8.27. The minimum absolute atomic E-state index is 0.0143. The van der Waals surface area contributed by atoms with Crippen LogP contribution < -0.4 is 5.73 Å². The van der Waals surface area contributed by atoms with Crippen LogP contribution in [0, 0.1) is 0 Å². The molecule has 2 heterocycles. The number of nitrogens with two attached hydrogens (primary N) is 1. The molecular formula is C23H20N6O2S. The maximum absolute atomic E-state index is 11.1. The Morgan fingerprint density at radius 1 is 0.906 bits per heavy atom. The van der Waals surface area contributed by atoms with E-state index in [1.807, 2.05) is 77.5 Å². The van der Waals surface area contributed by atoms with E-state index in [1.165, 1.54) is 0 Å². The Bertz CT molecular complexity index is 1460. The monoisotopic (exact) mass is 444 g/mol. The number of aromatic nitrogens is 5. The minimum Gasteiger partial charge on any atom is -0.382 e. The van der Waals surface area contributed by atoms with Gasteiger partial charge < -0.3 is 5.73 Å². The number of nitrogen functional groups attached to an aromatic ring is 1. The largest absolute Gasteiger partial charge is 0.382 e. The van der Waals surface area contributed by atoms with E-state index in [1.54, 1.807) is 0 Å². The molecule has 0 fully saturated rings. The molecule has 0 radical (unpaired) electrons. The summed E-state index contributed by atoms with van der Waals surface area (Å²) in [6.45, 7) is 0.549. The molecule has 0 unspecified atom stereocenters. The van der Waals surface area contributed by atoms with E-state index in [9.17, 15) is 8.42 Å². The van der Waals surface area contributed by atoms with Crippen LogP contribution in [0.1, 0.15) is 11.1 Å². The summed E-state index contributed by atoms with van der Waals surface area (Å²) < 4.78 is 24.0. The standard InChI is InChI=1S/C23H20N6O2S/c24-23-19-12-18(10-11-20(19)25-27-23)21-22(17-8-6-16(7-9-17)14-32(30)31)29(28-26-21)13-15-4-2-1-3-5-15/h1-12,32H,13-14H2,(H3,24,25,27). The number of fused-ring (bicyclic) bond motifs is 1. The second-order valence-electron chi connectivity index (χ2n) is 7.49. The van der Waals surface area contributed by atoms with Crippen LogP contribution in [0.4, 0.5) is 5.82 Å². The van der Waals surface area contributed by atoms with E-state index >= 15 is 0 Å². The predicted molar refractivity (Wildman–Crippen MR) is 125 cm³/mol. The highest BCUT2D eigenvalue weighted by Crippen LogP contribution is 2.33. The van der Waals surface area contributed by atoms with E-state index in [0.29, 0.717) is 18.1 Å². The molecule has 0 aliphatic rings. The summed E-state index contributed by atoms with van der Waals surface area (Å²) in [6, 6.07) is 23.3. The van der Waals surface area contributed by atoms with E-state index in [-0.39, 0.29) is 5.75 Å². The summed E-state index contributed by atoms with van der Waals surface area (Å²) in [5, 5.41) is 16.7. The number of hydrogen-bond donors (Lipinski definition) is 3. The summed E-state index contributed by atoms with van der Waals surface area (Å²) in [5.41, 5.74) is 12.0. The number of thiol groups is 1. The maximum atomic E-state index is 11.1. The first-order valence-corrected chi connectivity index (χ1v) is 11.4. The van der Waals surface area contributed by atoms with Crippen molar-refractivity contribution in [3.8, 4) is 22.5 Å². The number of nitrogens with zero attached hydrogens (tertiary/aromatic N) is 4. The van der Waals surface area contributed by atoms with Crippen molar-refractivity contribution in [3.05, 3.63) is 83.9 Å². The zero-order valence-electron chi connectivity index (χ0n) is 17.0. The van der Waals surface area contributed by atoms with Crippen LogP contribution in [-0.2, 0) is 23.0 Å². The molecular weight excluding hydrogens is 424 g/mol. The molecule has 0 saturated heterocycles. The normalized spacial score (nSPS) is 11.4. The smallest absolute Gasteiger partial charge is 0.153 e. The highest BCUT2D eigenvalue weighted by molar-refractivity contribution is 7.71. The van der Waals surface area contributed by atoms with Gasteiger partial charge in [-0.15, -0.1) is 5.10 Å². The predicted octanol–water partition coefficient (Wildman–Crippen LogP) is 3.23. The Labute approximate surface area is 185 Å². The fourth-order valence-electron chi connectivity index (χ4n) is 3.76. The molecule has 0 aliphatic heterocycles. The quantitative estimate of drug-likeness (QED) is 0.346. The van der Waals surface area contributed by atoms with Crippen molar-refractivity contribution >= 4 is 27.4 Å². The number of benzene rings is 3. The van der Waals surface area contributed by atoms with Crippen LogP contribution in [0.25, 0.3) is 33.4 Å². The van der Waals surface area contributed by atoms with Crippen molar-refractivity contribution in [3.63, 3.8) is 0 Å². The van der Waals surface area contributed by atoms with Gasteiger partial charge in [0.1, 0.15) is 16.4 Å². The topological polar surface area (TPSA) is 120 Å². The number of anilines is 1. The third-order valence-electron chi connectivity index (χ3n) is 5.32. The molecule has 9 heteroatoms. The Morgan fingerprint density at radius 2 is 1.66 bits per heavy atom. The maximum Gasteiger partial charge on any atom is 0.153 e. The molecule has 0 atom stereocenters. The van der Waals surface area contributed by atoms with Gasteiger partial charge in [-0.05, 0) is 23.3 Å². The fourth-order valence-corrected chi connectivity index (χ4v) is 4.27. The second-order valence-corrected chi connectivity index (χ2v) is 8.47. The van der Waals surface area contributed by atoms with Crippen molar-refractivity contribution in [2.75, 3.05) is 5.73 Å². The highest BCUT2D eigenvalue weighted by Gasteiger charge is 2.18. The number of aromatic amines is 1. The lowest BCUT2D eigenvalue weighted by atomic mass is 10.0. The molecule has 0 amide bonds. The van der Waals surface area contributed by atoms with Crippen molar-refractivity contribution in [2.45, 2.75) is 12.3 Å². The van der Waals surface area contributed by atoms with E-state index in [2.05, 4.69) is 20.5 Å². The van der Waals surface area contributed by atoms with Gasteiger partial charge in [-0.1, -0.05) is 65.9 Å². The van der Waals surface area contributed by atoms with Gasteiger partial charge >= 0.3 is 0 Å². The average Bonchev–Trinajstić information content (AvgIpc) is 3.38. The molecule has 5 aromatic rings. The fraction of sp³-hybridized carbons (Fsp3) is 0.0870. The SMILES string of the molecule is Nc1n[nH]c2ccc(-c3nnn(Cc4ccccc4)c3-c3ccc(C[SH](=O)=O)cc3)cc12. The first-order valence-electron chi connectivity index (χ1n) is 10.0. The molecule has 0 bridgehead atoms. The molecule has 3 aromatic carbocycles. The van der Waals surface area contributed by atoms with Gasteiger partial charge in [-0.3, -0.25) is 5.10 Å². The first-order chi connectivity index (χ1) is 15.6. The zero-order valence-corrected chi connectivity index (χ0v) is 17.9. The van der Waals surface area contributed by atoms with Crippen LogP contribution in [-0.4, -0.2) is 33.6 Å². The number of H-pyrrole nitrogens is 1. The van der Waals surface area contributed by atoms with Gasteiger partial charge in [0.25, 0.3) is 0 Å². The number of nitrogens with one attached hydrogen (secondary N) is 1. The average molecular weight is 445 g/mol. The van der Waals surface area contributed by atoms with Crippen molar-refractivity contribution in [1.29, 1.82) is 0 Å². The van der Waals surface area contributed by atoms with Gasteiger partial charge in [0.05, 0.1) is 23.5 Å². The van der Waals surface area contributed by atoms with Crippen LogP contribution in [0.5, 0.6) is 0 Å². The van der Waals surface area contributed by atoms with Gasteiger partial charge in [0.15, 0.2) is 5.82 Å². The van der Waals surface area contributed by atoms with Crippen LogP contribution in [0.15, 0.2) is 72.8 Å². The molecule has 8 nitrogen and oxygen atoms in total. The number of rotatable bonds is 6. The van der Waals surface area contributed by atoms with Crippen LogP contribution in [0.2, 0.25) is 0 Å². The highest BCUT2D eigenvalue weighted by atomic mass is 32.2. The lowest BCUT2D eigenvalue weighted by Crippen LogP contribution is -2.04. The molecule has 32 heavy (non-hydrogen) atoms. The van der Waals surface area contributed by atoms with Crippen molar-refractivity contribution < 1.29 is 8.42 Å². The van der Waals surface area contributed by atoms with Gasteiger partial charge in [-0.25, -0.2) is 13.1 Å². The third kappa shape index (κ3) is 3.85. The van der Waals surface area contributed by atoms with Gasteiger partial charge in [0.2, 0.25) is 0 Å². The summed E-state index contributed by atoms with van der Waals surface area (Å²) in [6.07, 6.45) is 0. The minimum atomic E-state index is -2.48. The lowest BCUT2D eigenvalue weighted by Gasteiger charge is -2.10. The summed E-state index contributed by atoms with van der Waals surface area (Å²) in [5.74, 6) is 0.441. The van der Waals surface area contributed by atoms with Gasteiger partial charge in [-0.2, -0.15) is 5.10 Å². The number of hydrogen-bond acceptors (Lipinski definition) is 6. The zero-order chi connectivity index (χ0) is 22.1. The summed E-state index contributed by atoms with van der Waals surface area (Å²) in [4.78, 5) is 0. The molecule has 0 saturated carbocycles. The van der Waals surface area contributed by atoms with E-state index in [4.69, 9.17) is 5.73 Å². The molecule has 3 N–H and O–H groups in total. The van der Waals surface area contributed by atoms with E-state index < -0.39 is 10.7 Å². The molecule has 160 valence electrons. The van der Waals surface area contributed by atoms with Crippen LogP contribution in [0.3, 0.4) is 0 Å². The first kappa shape index (κ1) is 20.0. The Hall–Kier alpha value is -3.98.